The topological polar surface area (TPSA) is 18.5 Å². The molecule has 0 aliphatic heterocycles. The summed E-state index contributed by atoms with van der Waals surface area (Å²) >= 11 is 0. The summed E-state index contributed by atoms with van der Waals surface area (Å²) in [4.78, 5) is 0. The maximum absolute atomic E-state index is 6.05. The van der Waals surface area contributed by atoms with Crippen LogP contribution in [-0.2, 0) is 13.2 Å². The van der Waals surface area contributed by atoms with E-state index >= 15 is 0 Å². The van der Waals surface area contributed by atoms with Gasteiger partial charge in [0.15, 0.2) is 0 Å². The van der Waals surface area contributed by atoms with Gasteiger partial charge in [-0.3, -0.25) is 0 Å². The zero-order chi connectivity index (χ0) is 38.1. The lowest BCUT2D eigenvalue weighted by molar-refractivity contribution is 0.306. The number of hydrogen-bond donors (Lipinski definition) is 0. The van der Waals surface area contributed by atoms with Crippen LogP contribution in [-0.4, -0.2) is 0 Å². The second-order valence-electron chi connectivity index (χ2n) is 14.0. The Bertz CT molecular complexity index is 2410. The lowest BCUT2D eigenvalue weighted by atomic mass is 9.89. The molecule has 0 radical (unpaired) electrons. The summed E-state index contributed by atoms with van der Waals surface area (Å²) < 4.78 is 12.1. The van der Waals surface area contributed by atoms with Crippen LogP contribution < -0.4 is 9.47 Å². The van der Waals surface area contributed by atoms with Crippen molar-refractivity contribution in [2.45, 2.75) is 27.1 Å². The van der Waals surface area contributed by atoms with Crippen LogP contribution in [0.4, 0.5) is 0 Å². The quantitative estimate of drug-likeness (QED) is 0.131. The third-order valence-corrected chi connectivity index (χ3v) is 9.99. The van der Waals surface area contributed by atoms with E-state index in [-0.39, 0.29) is 0 Å². The lowest BCUT2D eigenvalue weighted by Crippen LogP contribution is -1.96. The van der Waals surface area contributed by atoms with E-state index in [4.69, 9.17) is 9.47 Å². The van der Waals surface area contributed by atoms with Crippen molar-refractivity contribution in [1.29, 1.82) is 0 Å². The summed E-state index contributed by atoms with van der Waals surface area (Å²) in [6.07, 6.45) is 0. The summed E-state index contributed by atoms with van der Waals surface area (Å²) in [5.74, 6) is 9.23. The SMILES string of the molecule is Cc1ccc(-c2cccc(-c3ccc(COc4ccccc4)cc3)c2C#Cc2c(-c3ccc(C)cc3)cccc2-c2ccc(COc3ccccc3)cc2)cc1. The molecule has 0 amide bonds. The highest BCUT2D eigenvalue weighted by atomic mass is 16.5. The molecule has 0 spiro atoms. The molecular formula is C54H42O2. The molecule has 8 aromatic rings. The first-order chi connectivity index (χ1) is 27.6. The highest BCUT2D eigenvalue weighted by Gasteiger charge is 2.14. The Labute approximate surface area is 330 Å². The van der Waals surface area contributed by atoms with Gasteiger partial charge >= 0.3 is 0 Å². The van der Waals surface area contributed by atoms with Gasteiger partial charge in [0, 0.05) is 11.1 Å². The van der Waals surface area contributed by atoms with Crippen molar-refractivity contribution >= 4 is 0 Å². The van der Waals surface area contributed by atoms with Gasteiger partial charge in [-0.1, -0.05) is 193 Å². The number of ether oxygens (including phenoxy) is 2. The Hall–Kier alpha value is -7.08. The van der Waals surface area contributed by atoms with Gasteiger partial charge < -0.3 is 9.47 Å². The fourth-order valence-electron chi connectivity index (χ4n) is 6.86. The minimum Gasteiger partial charge on any atom is -0.489 e. The monoisotopic (exact) mass is 722 g/mol. The number of benzene rings is 8. The zero-order valence-electron chi connectivity index (χ0n) is 31.7. The van der Waals surface area contributed by atoms with Gasteiger partial charge in [-0.05, 0) is 93.7 Å². The predicted octanol–water partition coefficient (Wildman–Crippen LogP) is 13.5. The Morgan fingerprint density at radius 2 is 0.625 bits per heavy atom. The molecule has 56 heavy (non-hydrogen) atoms. The van der Waals surface area contributed by atoms with Crippen LogP contribution in [0.25, 0.3) is 44.5 Å². The molecule has 0 saturated heterocycles. The van der Waals surface area contributed by atoms with Crippen LogP contribution in [0.2, 0.25) is 0 Å². The number of aryl methyl sites for hydroxylation is 2. The summed E-state index contributed by atoms with van der Waals surface area (Å²) in [7, 11) is 0. The second kappa shape index (κ2) is 16.9. The van der Waals surface area contributed by atoms with Gasteiger partial charge in [-0.25, -0.2) is 0 Å². The van der Waals surface area contributed by atoms with Crippen molar-refractivity contribution in [3.8, 4) is 67.8 Å². The van der Waals surface area contributed by atoms with Gasteiger partial charge in [-0.2, -0.15) is 0 Å². The van der Waals surface area contributed by atoms with Crippen LogP contribution in [0.5, 0.6) is 11.5 Å². The van der Waals surface area contributed by atoms with Crippen LogP contribution in [0.15, 0.2) is 194 Å². The van der Waals surface area contributed by atoms with Gasteiger partial charge in [0.1, 0.15) is 24.7 Å². The number of rotatable bonds is 10. The Morgan fingerprint density at radius 3 is 0.946 bits per heavy atom. The van der Waals surface area contributed by atoms with Crippen molar-refractivity contribution < 1.29 is 9.47 Å². The molecule has 8 rings (SSSR count). The summed E-state index contributed by atoms with van der Waals surface area (Å²) in [5, 5.41) is 0. The van der Waals surface area contributed by atoms with Crippen LogP contribution in [0.1, 0.15) is 33.4 Å². The van der Waals surface area contributed by atoms with E-state index in [0.29, 0.717) is 13.2 Å². The summed E-state index contributed by atoms with van der Waals surface area (Å²) in [5.41, 5.74) is 15.5. The van der Waals surface area contributed by atoms with Crippen molar-refractivity contribution in [2.24, 2.45) is 0 Å². The predicted molar refractivity (Wildman–Crippen MR) is 232 cm³/mol. The third-order valence-electron chi connectivity index (χ3n) is 9.99. The van der Waals surface area contributed by atoms with E-state index < -0.39 is 0 Å². The van der Waals surface area contributed by atoms with Crippen molar-refractivity contribution in [3.05, 3.63) is 228 Å². The standard InChI is InChI=1S/C54H42O2/c1-39-19-27-43(28-20-39)49-15-9-17-51(45-31-23-41(24-32-45)37-55-47-11-5-3-6-12-47)53(49)35-36-54-50(44-29-21-40(2)22-30-44)16-10-18-52(54)46-33-25-42(26-34-46)38-56-48-13-7-4-8-14-48/h3-34H,37-38H2,1-2H3. The second-order valence-corrected chi connectivity index (χ2v) is 14.0. The Morgan fingerprint density at radius 1 is 0.321 bits per heavy atom. The molecule has 8 aromatic carbocycles. The maximum atomic E-state index is 6.05. The molecule has 2 heteroatoms. The maximum Gasteiger partial charge on any atom is 0.119 e. The average Bonchev–Trinajstić information content (AvgIpc) is 3.26. The van der Waals surface area contributed by atoms with E-state index in [0.717, 1.165) is 78.3 Å². The van der Waals surface area contributed by atoms with E-state index in [1.54, 1.807) is 0 Å². The van der Waals surface area contributed by atoms with Crippen LogP contribution in [0, 0.1) is 25.7 Å². The first-order valence-corrected chi connectivity index (χ1v) is 19.0. The molecule has 2 nitrogen and oxygen atoms in total. The molecular weight excluding hydrogens is 681 g/mol. The van der Waals surface area contributed by atoms with Gasteiger partial charge in [0.2, 0.25) is 0 Å². The van der Waals surface area contributed by atoms with Crippen molar-refractivity contribution in [3.63, 3.8) is 0 Å². The van der Waals surface area contributed by atoms with E-state index in [1.807, 2.05) is 60.7 Å². The number of para-hydroxylation sites is 2. The first kappa shape index (κ1) is 35.9. The average molecular weight is 723 g/mol. The van der Waals surface area contributed by atoms with Crippen LogP contribution in [0.3, 0.4) is 0 Å². The van der Waals surface area contributed by atoms with Crippen molar-refractivity contribution in [2.75, 3.05) is 0 Å². The van der Waals surface area contributed by atoms with Crippen LogP contribution >= 0.6 is 0 Å². The summed E-state index contributed by atoms with van der Waals surface area (Å²) in [6.45, 7) is 5.24. The third kappa shape index (κ3) is 8.49. The minimum atomic E-state index is 0.500. The Kier molecular flexibility index (Phi) is 10.9. The fourth-order valence-corrected chi connectivity index (χ4v) is 6.86. The molecule has 0 fully saturated rings. The minimum absolute atomic E-state index is 0.500. The van der Waals surface area contributed by atoms with Gasteiger partial charge in [0.25, 0.3) is 0 Å². The molecule has 0 N–H and O–H groups in total. The molecule has 0 heterocycles. The molecule has 270 valence electrons. The van der Waals surface area contributed by atoms with Gasteiger partial charge in [-0.15, -0.1) is 0 Å². The first-order valence-electron chi connectivity index (χ1n) is 19.0. The molecule has 0 unspecified atom stereocenters. The molecule has 0 saturated carbocycles. The van der Waals surface area contributed by atoms with E-state index in [1.165, 1.54) is 11.1 Å². The van der Waals surface area contributed by atoms with Crippen molar-refractivity contribution in [1.82, 2.24) is 0 Å². The highest BCUT2D eigenvalue weighted by Crippen LogP contribution is 2.35. The molecule has 0 atom stereocenters. The largest absolute Gasteiger partial charge is 0.489 e. The lowest BCUT2D eigenvalue weighted by Gasteiger charge is -2.14. The number of hydrogen-bond acceptors (Lipinski definition) is 2. The summed E-state index contributed by atoms with van der Waals surface area (Å²) in [6, 6.07) is 67.6. The fraction of sp³-hybridized carbons (Fsp3) is 0.0741. The smallest absolute Gasteiger partial charge is 0.119 e. The zero-order valence-corrected chi connectivity index (χ0v) is 31.7. The van der Waals surface area contributed by atoms with E-state index in [2.05, 4.69) is 159 Å². The Balaban J connectivity index is 1.21. The highest BCUT2D eigenvalue weighted by molar-refractivity contribution is 5.86. The molecule has 0 bridgehead atoms. The molecule has 0 aromatic heterocycles. The van der Waals surface area contributed by atoms with E-state index in [9.17, 15) is 0 Å². The molecule has 0 aliphatic rings. The van der Waals surface area contributed by atoms with Gasteiger partial charge in [0.05, 0.1) is 0 Å². The normalized spacial score (nSPS) is 10.7. The molecule has 0 aliphatic carbocycles.